The summed E-state index contributed by atoms with van der Waals surface area (Å²) in [6, 6.07) is 9.64. The number of anilines is 2. The number of pyridine rings is 1. The first kappa shape index (κ1) is 23.4. The number of ether oxygens (including phenoxy) is 2. The lowest BCUT2D eigenvalue weighted by Gasteiger charge is -2.37. The molecule has 1 fully saturated rings. The average Bonchev–Trinajstić information content (AvgIpc) is 2.82. The number of hydrogen-bond acceptors (Lipinski definition) is 8. The van der Waals surface area contributed by atoms with Gasteiger partial charge in [0, 0.05) is 38.2 Å². The molecule has 2 aromatic rings. The Morgan fingerprint density at radius 2 is 2.09 bits per heavy atom. The third-order valence-corrected chi connectivity index (χ3v) is 6.79. The van der Waals surface area contributed by atoms with Crippen LogP contribution in [0.4, 0.5) is 11.5 Å². The number of aromatic nitrogens is 1. The summed E-state index contributed by atoms with van der Waals surface area (Å²) >= 11 is 1.29. The van der Waals surface area contributed by atoms with Crippen LogP contribution in [-0.4, -0.2) is 55.5 Å². The first-order valence-corrected chi connectivity index (χ1v) is 12.0. The number of para-hydroxylation sites is 2. The smallest absolute Gasteiger partial charge is 0.234 e. The Kier molecular flexibility index (Phi) is 7.08. The molecule has 0 aliphatic carbocycles. The van der Waals surface area contributed by atoms with Crippen LogP contribution in [0.25, 0.3) is 0 Å². The first-order valence-electron chi connectivity index (χ1n) is 11.0. The fourth-order valence-corrected chi connectivity index (χ4v) is 4.96. The van der Waals surface area contributed by atoms with Crippen LogP contribution >= 0.6 is 11.8 Å². The van der Waals surface area contributed by atoms with E-state index in [-0.39, 0.29) is 17.3 Å². The van der Waals surface area contributed by atoms with Crippen LogP contribution in [0.15, 0.2) is 29.3 Å². The van der Waals surface area contributed by atoms with Gasteiger partial charge in [0.25, 0.3) is 0 Å². The van der Waals surface area contributed by atoms with Crippen LogP contribution in [-0.2, 0) is 22.6 Å². The second-order valence-corrected chi connectivity index (χ2v) is 9.65. The standard InChI is InChI=1S/C24H29N5O3S/c1-24(2)12-16-17(13-25)23(28-22(18(16)14-32-24)29-10-8-26-9-11-29)33-15-21(30)27-19-6-4-5-7-20(19)31-3/h4-7,26H,8-12,14-15H2,1-3H3,(H,27,30). The van der Waals surface area contributed by atoms with Crippen LogP contribution < -0.4 is 20.3 Å². The number of piperazine rings is 1. The third kappa shape index (κ3) is 5.24. The second kappa shape index (κ2) is 10.00. The van der Waals surface area contributed by atoms with Gasteiger partial charge >= 0.3 is 0 Å². The summed E-state index contributed by atoms with van der Waals surface area (Å²) in [4.78, 5) is 19.8. The van der Waals surface area contributed by atoms with Gasteiger partial charge in [0.2, 0.25) is 5.91 Å². The molecule has 8 nitrogen and oxygen atoms in total. The predicted octanol–water partition coefficient (Wildman–Crippen LogP) is 2.95. The number of hydrogen-bond donors (Lipinski definition) is 2. The first-order chi connectivity index (χ1) is 15.9. The summed E-state index contributed by atoms with van der Waals surface area (Å²) in [7, 11) is 1.57. The largest absolute Gasteiger partial charge is 0.495 e. The fourth-order valence-electron chi connectivity index (χ4n) is 4.15. The van der Waals surface area contributed by atoms with Crippen molar-refractivity contribution in [1.82, 2.24) is 10.3 Å². The number of nitrogens with zero attached hydrogens (tertiary/aromatic N) is 3. The maximum atomic E-state index is 12.7. The van der Waals surface area contributed by atoms with Gasteiger partial charge < -0.3 is 25.0 Å². The highest BCUT2D eigenvalue weighted by molar-refractivity contribution is 8.00. The molecule has 2 N–H and O–H groups in total. The molecular formula is C24H29N5O3S. The molecule has 4 rings (SSSR count). The Morgan fingerprint density at radius 1 is 1.33 bits per heavy atom. The zero-order chi connectivity index (χ0) is 23.4. The van der Waals surface area contributed by atoms with Crippen molar-refractivity contribution >= 4 is 29.2 Å². The van der Waals surface area contributed by atoms with Gasteiger partial charge in [-0.15, -0.1) is 0 Å². The molecule has 0 spiro atoms. The van der Waals surface area contributed by atoms with E-state index in [1.54, 1.807) is 19.2 Å². The minimum Gasteiger partial charge on any atom is -0.495 e. The summed E-state index contributed by atoms with van der Waals surface area (Å²) in [5.74, 6) is 1.43. The van der Waals surface area contributed by atoms with Gasteiger partial charge in [-0.05, 0) is 31.5 Å². The number of nitriles is 1. The zero-order valence-electron chi connectivity index (χ0n) is 19.2. The van der Waals surface area contributed by atoms with Gasteiger partial charge in [0.15, 0.2) is 0 Å². The van der Waals surface area contributed by atoms with Crippen molar-refractivity contribution in [1.29, 1.82) is 5.26 Å². The van der Waals surface area contributed by atoms with Crippen molar-refractivity contribution in [2.75, 3.05) is 49.3 Å². The van der Waals surface area contributed by atoms with Gasteiger partial charge in [0.05, 0.1) is 36.3 Å². The maximum Gasteiger partial charge on any atom is 0.234 e. The van der Waals surface area contributed by atoms with Crippen molar-refractivity contribution < 1.29 is 14.3 Å². The topological polar surface area (TPSA) is 99.5 Å². The van der Waals surface area contributed by atoms with E-state index in [2.05, 4.69) is 21.6 Å². The molecule has 174 valence electrons. The van der Waals surface area contributed by atoms with Crippen molar-refractivity contribution in [2.45, 2.75) is 37.5 Å². The Labute approximate surface area is 198 Å². The summed E-state index contributed by atoms with van der Waals surface area (Å²) < 4.78 is 11.4. The molecule has 33 heavy (non-hydrogen) atoms. The molecule has 0 saturated carbocycles. The molecule has 2 aliphatic rings. The highest BCUT2D eigenvalue weighted by Gasteiger charge is 2.33. The Bertz CT molecular complexity index is 1080. The van der Waals surface area contributed by atoms with E-state index in [1.807, 2.05) is 26.0 Å². The SMILES string of the molecule is COc1ccccc1NC(=O)CSc1nc(N2CCNCC2)c2c(c1C#N)CC(C)(C)OC2. The number of carbonyl (C=O) groups excluding carboxylic acids is 1. The van der Waals surface area contributed by atoms with Gasteiger partial charge in [-0.1, -0.05) is 23.9 Å². The summed E-state index contributed by atoms with van der Waals surface area (Å²) in [6.07, 6.45) is 0.633. The van der Waals surface area contributed by atoms with Crippen LogP contribution in [0.1, 0.15) is 30.5 Å². The lowest BCUT2D eigenvalue weighted by atomic mass is 9.89. The number of nitrogens with one attached hydrogen (secondary N) is 2. The van der Waals surface area contributed by atoms with Gasteiger partial charge in [-0.25, -0.2) is 4.98 Å². The molecule has 1 aromatic heterocycles. The number of benzene rings is 1. The van der Waals surface area contributed by atoms with Gasteiger partial charge in [-0.2, -0.15) is 5.26 Å². The van der Waals surface area contributed by atoms with E-state index in [1.165, 1.54) is 11.8 Å². The van der Waals surface area contributed by atoms with E-state index in [0.717, 1.165) is 43.1 Å². The normalized spacial score (nSPS) is 17.1. The highest BCUT2D eigenvalue weighted by Crippen LogP contribution is 2.38. The van der Waals surface area contributed by atoms with Crippen molar-refractivity contribution in [3.63, 3.8) is 0 Å². The molecule has 0 bridgehead atoms. The summed E-state index contributed by atoms with van der Waals surface area (Å²) in [6.45, 7) is 7.95. The lowest BCUT2D eigenvalue weighted by molar-refractivity contribution is -0.113. The monoisotopic (exact) mass is 467 g/mol. The molecule has 0 radical (unpaired) electrons. The van der Waals surface area contributed by atoms with E-state index in [9.17, 15) is 10.1 Å². The quantitative estimate of drug-likeness (QED) is 0.626. The molecule has 1 amide bonds. The maximum absolute atomic E-state index is 12.7. The Balaban J connectivity index is 1.61. The van der Waals surface area contributed by atoms with Crippen molar-refractivity contribution in [3.05, 3.63) is 41.0 Å². The molecule has 3 heterocycles. The third-order valence-electron chi connectivity index (χ3n) is 5.82. The van der Waals surface area contributed by atoms with Crippen molar-refractivity contribution in [3.8, 4) is 11.8 Å². The Hall–Kier alpha value is -2.80. The molecule has 0 unspecified atom stereocenters. The summed E-state index contributed by atoms with van der Waals surface area (Å²) in [5, 5.41) is 16.9. The van der Waals surface area contributed by atoms with Crippen molar-refractivity contribution in [2.24, 2.45) is 0 Å². The van der Waals surface area contributed by atoms with Gasteiger partial charge in [0.1, 0.15) is 22.7 Å². The van der Waals surface area contributed by atoms with E-state index in [0.29, 0.717) is 35.1 Å². The lowest BCUT2D eigenvalue weighted by Crippen LogP contribution is -2.45. The van der Waals surface area contributed by atoms with Crippen LogP contribution in [0.5, 0.6) is 5.75 Å². The van der Waals surface area contributed by atoms with Gasteiger partial charge in [-0.3, -0.25) is 4.79 Å². The minimum absolute atomic E-state index is 0.138. The second-order valence-electron chi connectivity index (χ2n) is 8.68. The number of carbonyl (C=O) groups is 1. The minimum atomic E-state index is -0.357. The van der Waals surface area contributed by atoms with E-state index in [4.69, 9.17) is 14.5 Å². The molecule has 9 heteroatoms. The molecular weight excluding hydrogens is 438 g/mol. The number of thioether (sulfide) groups is 1. The number of methoxy groups -OCH3 is 1. The number of fused-ring (bicyclic) bond motifs is 1. The molecule has 1 saturated heterocycles. The fraction of sp³-hybridized carbons (Fsp3) is 0.458. The highest BCUT2D eigenvalue weighted by atomic mass is 32.2. The number of rotatable bonds is 6. The summed E-state index contributed by atoms with van der Waals surface area (Å²) in [5.41, 5.74) is 2.80. The van der Waals surface area contributed by atoms with E-state index >= 15 is 0 Å². The molecule has 2 aliphatic heterocycles. The molecule has 0 atom stereocenters. The Morgan fingerprint density at radius 3 is 2.82 bits per heavy atom. The van der Waals surface area contributed by atoms with Crippen LogP contribution in [0.3, 0.4) is 0 Å². The van der Waals surface area contributed by atoms with Crippen LogP contribution in [0, 0.1) is 11.3 Å². The zero-order valence-corrected chi connectivity index (χ0v) is 20.1. The average molecular weight is 468 g/mol. The van der Waals surface area contributed by atoms with Crippen LogP contribution in [0.2, 0.25) is 0 Å². The number of amides is 1. The predicted molar refractivity (Wildman–Crippen MR) is 129 cm³/mol. The molecule has 1 aromatic carbocycles. The van der Waals surface area contributed by atoms with E-state index < -0.39 is 0 Å².